The van der Waals surface area contributed by atoms with Gasteiger partial charge in [-0.2, -0.15) is 0 Å². The van der Waals surface area contributed by atoms with Gasteiger partial charge in [-0.15, -0.1) is 0 Å². The lowest BCUT2D eigenvalue weighted by Gasteiger charge is -2.31. The normalized spacial score (nSPS) is 25.9. The molecule has 14 heavy (non-hydrogen) atoms. The van der Waals surface area contributed by atoms with Crippen LogP contribution in [0.3, 0.4) is 0 Å². The predicted molar refractivity (Wildman–Crippen MR) is 55.7 cm³/mol. The monoisotopic (exact) mass is 193 g/mol. The van der Waals surface area contributed by atoms with Gasteiger partial charge in [0, 0.05) is 12.6 Å². The number of nitrogens with one attached hydrogen (secondary N) is 1. The zero-order valence-corrected chi connectivity index (χ0v) is 8.68. The molecule has 1 aliphatic rings. The van der Waals surface area contributed by atoms with E-state index in [2.05, 4.69) is 19.2 Å². The van der Waals surface area contributed by atoms with Crippen LogP contribution in [0.5, 0.6) is 0 Å². The Morgan fingerprint density at radius 3 is 3.00 bits per heavy atom. The van der Waals surface area contributed by atoms with Crippen LogP contribution in [0.1, 0.15) is 37.3 Å². The van der Waals surface area contributed by atoms with Gasteiger partial charge in [-0.3, -0.25) is 0 Å². The molecular formula is C12H16FN. The molecule has 0 bridgehead atoms. The van der Waals surface area contributed by atoms with Gasteiger partial charge in [0.15, 0.2) is 0 Å². The maximum absolute atomic E-state index is 13.6. The maximum Gasteiger partial charge on any atom is 0.127 e. The number of hydrogen-bond donors (Lipinski definition) is 1. The van der Waals surface area contributed by atoms with Gasteiger partial charge in [-0.1, -0.05) is 26.0 Å². The second-order valence-electron chi connectivity index (χ2n) is 4.00. The molecule has 1 aromatic rings. The maximum atomic E-state index is 13.6. The molecule has 2 heteroatoms. The van der Waals surface area contributed by atoms with E-state index in [1.54, 1.807) is 12.1 Å². The summed E-state index contributed by atoms with van der Waals surface area (Å²) in [5.41, 5.74) is 2.03. The molecule has 2 atom stereocenters. The van der Waals surface area contributed by atoms with Crippen LogP contribution in [-0.2, 0) is 6.54 Å². The second-order valence-corrected chi connectivity index (χ2v) is 4.00. The average molecular weight is 193 g/mol. The van der Waals surface area contributed by atoms with Crippen molar-refractivity contribution in [3.05, 3.63) is 35.1 Å². The van der Waals surface area contributed by atoms with E-state index in [-0.39, 0.29) is 11.7 Å². The Balaban J connectivity index is 2.43. The van der Waals surface area contributed by atoms with Crippen LogP contribution in [0, 0.1) is 5.82 Å². The van der Waals surface area contributed by atoms with Crippen molar-refractivity contribution in [3.8, 4) is 0 Å². The Morgan fingerprint density at radius 2 is 2.29 bits per heavy atom. The van der Waals surface area contributed by atoms with Crippen molar-refractivity contribution in [2.24, 2.45) is 0 Å². The Bertz CT molecular complexity index is 335. The highest BCUT2D eigenvalue weighted by Gasteiger charge is 2.26. The van der Waals surface area contributed by atoms with Gasteiger partial charge in [0.05, 0.1) is 0 Å². The van der Waals surface area contributed by atoms with Crippen molar-refractivity contribution >= 4 is 0 Å². The molecule has 0 radical (unpaired) electrons. The van der Waals surface area contributed by atoms with Crippen molar-refractivity contribution in [2.75, 3.05) is 0 Å². The highest BCUT2D eigenvalue weighted by molar-refractivity contribution is 5.34. The lowest BCUT2D eigenvalue weighted by molar-refractivity contribution is 0.396. The third kappa shape index (κ3) is 1.44. The largest absolute Gasteiger partial charge is 0.309 e. The molecule has 0 spiro atoms. The molecule has 1 aromatic carbocycles. The summed E-state index contributed by atoms with van der Waals surface area (Å²) in [6.45, 7) is 5.04. The average Bonchev–Trinajstić information content (AvgIpc) is 2.18. The zero-order valence-electron chi connectivity index (χ0n) is 8.68. The summed E-state index contributed by atoms with van der Waals surface area (Å²) in [5, 5.41) is 3.44. The fourth-order valence-electron chi connectivity index (χ4n) is 2.36. The fourth-order valence-corrected chi connectivity index (χ4v) is 2.36. The summed E-state index contributed by atoms with van der Waals surface area (Å²) in [4.78, 5) is 0. The number of hydrogen-bond acceptors (Lipinski definition) is 1. The van der Waals surface area contributed by atoms with Crippen LogP contribution in [0.2, 0.25) is 0 Å². The van der Waals surface area contributed by atoms with E-state index in [0.29, 0.717) is 6.04 Å². The van der Waals surface area contributed by atoms with Crippen LogP contribution in [0.4, 0.5) is 4.39 Å². The summed E-state index contributed by atoms with van der Waals surface area (Å²) >= 11 is 0. The van der Waals surface area contributed by atoms with Gasteiger partial charge in [-0.05, 0) is 29.5 Å². The SMILES string of the molecule is CCC1NCc2cccc(F)c2C1C. The van der Waals surface area contributed by atoms with E-state index < -0.39 is 0 Å². The van der Waals surface area contributed by atoms with Crippen LogP contribution < -0.4 is 5.32 Å². The second kappa shape index (κ2) is 3.70. The van der Waals surface area contributed by atoms with E-state index in [4.69, 9.17) is 0 Å². The highest BCUT2D eigenvalue weighted by Crippen LogP contribution is 2.30. The van der Waals surface area contributed by atoms with Gasteiger partial charge in [0.1, 0.15) is 5.82 Å². The number of halogens is 1. The number of rotatable bonds is 1. The molecule has 1 heterocycles. The lowest BCUT2D eigenvalue weighted by atomic mass is 9.84. The Kier molecular flexibility index (Phi) is 2.55. The van der Waals surface area contributed by atoms with E-state index in [1.807, 2.05) is 6.07 Å². The van der Waals surface area contributed by atoms with Crippen molar-refractivity contribution in [1.29, 1.82) is 0 Å². The molecule has 2 unspecified atom stereocenters. The molecule has 0 amide bonds. The van der Waals surface area contributed by atoms with Crippen molar-refractivity contribution in [2.45, 2.75) is 38.8 Å². The van der Waals surface area contributed by atoms with E-state index in [0.717, 1.165) is 24.1 Å². The molecule has 0 aliphatic carbocycles. The van der Waals surface area contributed by atoms with Gasteiger partial charge < -0.3 is 5.32 Å². The first kappa shape index (κ1) is 9.66. The summed E-state index contributed by atoms with van der Waals surface area (Å²) in [5.74, 6) is 0.236. The first-order valence-corrected chi connectivity index (χ1v) is 5.24. The predicted octanol–water partition coefficient (Wildman–Crippen LogP) is 2.81. The Morgan fingerprint density at radius 1 is 1.50 bits per heavy atom. The molecule has 0 fully saturated rings. The van der Waals surface area contributed by atoms with Gasteiger partial charge in [0.2, 0.25) is 0 Å². The van der Waals surface area contributed by atoms with Crippen LogP contribution in [0.15, 0.2) is 18.2 Å². The van der Waals surface area contributed by atoms with E-state index in [1.165, 1.54) is 0 Å². The third-order valence-corrected chi connectivity index (χ3v) is 3.20. The molecule has 1 aliphatic heterocycles. The first-order valence-electron chi connectivity index (χ1n) is 5.24. The minimum absolute atomic E-state index is 0.0463. The number of benzene rings is 1. The fraction of sp³-hybridized carbons (Fsp3) is 0.500. The van der Waals surface area contributed by atoms with Gasteiger partial charge in [0.25, 0.3) is 0 Å². The van der Waals surface area contributed by atoms with Gasteiger partial charge in [-0.25, -0.2) is 4.39 Å². The van der Waals surface area contributed by atoms with Crippen molar-refractivity contribution in [3.63, 3.8) is 0 Å². The molecule has 1 N–H and O–H groups in total. The molecule has 2 rings (SSSR count). The Hall–Kier alpha value is -0.890. The molecule has 1 nitrogen and oxygen atoms in total. The van der Waals surface area contributed by atoms with Crippen LogP contribution >= 0.6 is 0 Å². The minimum Gasteiger partial charge on any atom is -0.309 e. The Labute approximate surface area is 84.3 Å². The minimum atomic E-state index is -0.0463. The number of fused-ring (bicyclic) bond motifs is 1. The smallest absolute Gasteiger partial charge is 0.127 e. The van der Waals surface area contributed by atoms with E-state index in [9.17, 15) is 4.39 Å². The summed E-state index contributed by atoms with van der Waals surface area (Å²) in [7, 11) is 0. The molecule has 0 saturated heterocycles. The molecular weight excluding hydrogens is 177 g/mol. The summed E-state index contributed by atoms with van der Waals surface area (Å²) < 4.78 is 13.6. The summed E-state index contributed by atoms with van der Waals surface area (Å²) in [6.07, 6.45) is 1.05. The van der Waals surface area contributed by atoms with Crippen LogP contribution in [-0.4, -0.2) is 6.04 Å². The molecule has 76 valence electrons. The standard InChI is InChI=1S/C12H16FN/c1-3-11-8(2)12-9(7-14-11)5-4-6-10(12)13/h4-6,8,11,14H,3,7H2,1-2H3. The lowest BCUT2D eigenvalue weighted by Crippen LogP contribution is -2.38. The summed E-state index contributed by atoms with van der Waals surface area (Å²) in [6, 6.07) is 5.77. The molecule has 0 aromatic heterocycles. The van der Waals surface area contributed by atoms with Gasteiger partial charge >= 0.3 is 0 Å². The zero-order chi connectivity index (χ0) is 10.1. The van der Waals surface area contributed by atoms with E-state index >= 15 is 0 Å². The third-order valence-electron chi connectivity index (χ3n) is 3.20. The van der Waals surface area contributed by atoms with Crippen molar-refractivity contribution in [1.82, 2.24) is 5.32 Å². The highest BCUT2D eigenvalue weighted by atomic mass is 19.1. The van der Waals surface area contributed by atoms with Crippen LogP contribution in [0.25, 0.3) is 0 Å². The first-order chi connectivity index (χ1) is 6.74. The topological polar surface area (TPSA) is 12.0 Å². The quantitative estimate of drug-likeness (QED) is 0.723. The van der Waals surface area contributed by atoms with Crippen molar-refractivity contribution < 1.29 is 4.39 Å². The molecule has 0 saturated carbocycles.